The van der Waals surface area contributed by atoms with Gasteiger partial charge in [0, 0.05) is 12.8 Å². The summed E-state index contributed by atoms with van der Waals surface area (Å²) in [4.78, 5) is 23.4. The zero-order chi connectivity index (χ0) is 33.6. The molecule has 1 atom stereocenters. The minimum atomic E-state index is -0.706. The largest absolute Gasteiger partial charge is 0.481 e. The number of allylic oxidation sites excluding steroid dienone is 6. The Morgan fingerprint density at radius 1 is 0.478 bits per heavy atom. The van der Waals surface area contributed by atoms with Crippen LogP contribution >= 0.6 is 0 Å². The Hall–Kier alpha value is -1.84. The number of unbranched alkanes of at least 4 members (excludes halogenated alkanes) is 21. The van der Waals surface area contributed by atoms with Crippen molar-refractivity contribution in [3.8, 4) is 0 Å². The number of ether oxygens (including phenoxy) is 1. The standard InChI is InChI=1S/C42H76O4/c1-3-5-7-9-11-13-15-17-18-20-22-24-26-31-35-39-42(45)46-40(37-33-29-27-30-34-38-41(43)44)36-32-28-25-23-21-19-16-14-12-10-8-6-4-2/h11,13,17-18,23,25,40H,3-10,12,14-16,19-22,24,26-39H2,1-2H3,(H,43,44)/b13-11-,18-17-,25-23-. The van der Waals surface area contributed by atoms with Crippen LogP contribution in [0, 0.1) is 0 Å². The fourth-order valence-electron chi connectivity index (χ4n) is 5.86. The van der Waals surface area contributed by atoms with Crippen LogP contribution in [0.2, 0.25) is 0 Å². The van der Waals surface area contributed by atoms with E-state index in [4.69, 9.17) is 9.84 Å². The molecule has 0 rings (SSSR count). The average molecular weight is 645 g/mol. The fourth-order valence-corrected chi connectivity index (χ4v) is 5.86. The van der Waals surface area contributed by atoms with Crippen LogP contribution in [0.15, 0.2) is 36.5 Å². The van der Waals surface area contributed by atoms with E-state index in [9.17, 15) is 9.59 Å². The van der Waals surface area contributed by atoms with Crippen LogP contribution in [0.3, 0.4) is 0 Å². The Kier molecular flexibility index (Phi) is 36.1. The van der Waals surface area contributed by atoms with Gasteiger partial charge in [-0.05, 0) is 89.9 Å². The lowest BCUT2D eigenvalue weighted by Gasteiger charge is -2.18. The zero-order valence-corrected chi connectivity index (χ0v) is 30.6. The molecule has 0 saturated carbocycles. The summed E-state index contributed by atoms with van der Waals surface area (Å²) >= 11 is 0. The summed E-state index contributed by atoms with van der Waals surface area (Å²) in [5, 5.41) is 8.82. The SMILES string of the molecule is CCCCC/C=C\C/C=C\CCCCCCCC(=O)OC(CCC/C=C\CCCCCCCCCC)CCCCCCCC(=O)O. The van der Waals surface area contributed by atoms with E-state index in [0.717, 1.165) is 83.5 Å². The summed E-state index contributed by atoms with van der Waals surface area (Å²) in [6.45, 7) is 4.52. The molecule has 0 aromatic rings. The summed E-state index contributed by atoms with van der Waals surface area (Å²) in [7, 11) is 0. The fraction of sp³-hybridized carbons (Fsp3) is 0.810. The van der Waals surface area contributed by atoms with E-state index < -0.39 is 5.97 Å². The monoisotopic (exact) mass is 645 g/mol. The van der Waals surface area contributed by atoms with Crippen molar-refractivity contribution in [2.24, 2.45) is 0 Å². The Balaban J connectivity index is 4.11. The molecule has 0 fully saturated rings. The van der Waals surface area contributed by atoms with Gasteiger partial charge < -0.3 is 9.84 Å². The third-order valence-corrected chi connectivity index (χ3v) is 8.83. The van der Waals surface area contributed by atoms with Gasteiger partial charge in [-0.15, -0.1) is 0 Å². The first kappa shape index (κ1) is 44.2. The molecule has 0 aliphatic carbocycles. The lowest BCUT2D eigenvalue weighted by molar-refractivity contribution is -0.150. The number of esters is 1. The van der Waals surface area contributed by atoms with Gasteiger partial charge in [0.1, 0.15) is 6.10 Å². The number of carboxylic acids is 1. The van der Waals surface area contributed by atoms with Crippen LogP contribution < -0.4 is 0 Å². The molecule has 1 N–H and O–H groups in total. The summed E-state index contributed by atoms with van der Waals surface area (Å²) in [6.07, 6.45) is 48.7. The molecule has 0 amide bonds. The average Bonchev–Trinajstić information content (AvgIpc) is 3.04. The van der Waals surface area contributed by atoms with Crippen molar-refractivity contribution in [1.29, 1.82) is 0 Å². The van der Waals surface area contributed by atoms with Crippen molar-refractivity contribution in [2.75, 3.05) is 0 Å². The molecule has 0 bridgehead atoms. The molecule has 0 aliphatic rings. The molecule has 1 unspecified atom stereocenters. The van der Waals surface area contributed by atoms with Crippen molar-refractivity contribution >= 4 is 11.9 Å². The van der Waals surface area contributed by atoms with Crippen LogP contribution in [0.25, 0.3) is 0 Å². The van der Waals surface area contributed by atoms with Crippen molar-refractivity contribution in [3.63, 3.8) is 0 Å². The maximum absolute atomic E-state index is 12.7. The number of carbonyl (C=O) groups is 2. The van der Waals surface area contributed by atoms with E-state index in [-0.39, 0.29) is 18.5 Å². The second-order valence-electron chi connectivity index (χ2n) is 13.5. The molecule has 0 aromatic heterocycles. The third-order valence-electron chi connectivity index (χ3n) is 8.83. The zero-order valence-electron chi connectivity index (χ0n) is 30.6. The highest BCUT2D eigenvalue weighted by Crippen LogP contribution is 2.18. The van der Waals surface area contributed by atoms with E-state index in [1.54, 1.807) is 0 Å². The first-order valence-corrected chi connectivity index (χ1v) is 20.0. The van der Waals surface area contributed by atoms with E-state index in [0.29, 0.717) is 6.42 Å². The van der Waals surface area contributed by atoms with Crippen LogP contribution in [0.1, 0.15) is 213 Å². The van der Waals surface area contributed by atoms with Crippen molar-refractivity contribution in [3.05, 3.63) is 36.5 Å². The summed E-state index contributed by atoms with van der Waals surface area (Å²) in [6, 6.07) is 0. The molecule has 0 aromatic carbocycles. The van der Waals surface area contributed by atoms with Crippen LogP contribution in [0.5, 0.6) is 0 Å². The maximum atomic E-state index is 12.7. The predicted octanol–water partition coefficient (Wildman–Crippen LogP) is 13.8. The minimum absolute atomic E-state index is 0.0191. The van der Waals surface area contributed by atoms with Crippen LogP contribution in [-0.2, 0) is 14.3 Å². The quantitative estimate of drug-likeness (QED) is 0.0419. The molecule has 0 heterocycles. The first-order chi connectivity index (χ1) is 22.6. The molecule has 0 aliphatic heterocycles. The normalized spacial score (nSPS) is 12.6. The Labute approximate surface area is 286 Å². The molecular formula is C42H76O4. The Morgan fingerprint density at radius 3 is 1.43 bits per heavy atom. The topological polar surface area (TPSA) is 63.6 Å². The van der Waals surface area contributed by atoms with Crippen LogP contribution in [-0.4, -0.2) is 23.1 Å². The van der Waals surface area contributed by atoms with Gasteiger partial charge in [-0.3, -0.25) is 9.59 Å². The molecule has 4 heteroatoms. The molecule has 46 heavy (non-hydrogen) atoms. The highest BCUT2D eigenvalue weighted by Gasteiger charge is 2.14. The number of aliphatic carboxylic acids is 1. The molecular weight excluding hydrogens is 568 g/mol. The van der Waals surface area contributed by atoms with Gasteiger partial charge in [0.2, 0.25) is 0 Å². The van der Waals surface area contributed by atoms with Crippen LogP contribution in [0.4, 0.5) is 0 Å². The van der Waals surface area contributed by atoms with Gasteiger partial charge in [0.15, 0.2) is 0 Å². The molecule has 268 valence electrons. The molecule has 0 spiro atoms. The number of carbonyl (C=O) groups excluding carboxylic acids is 1. The molecule has 0 radical (unpaired) electrons. The summed E-state index contributed by atoms with van der Waals surface area (Å²) in [5.41, 5.74) is 0. The Morgan fingerprint density at radius 2 is 0.870 bits per heavy atom. The smallest absolute Gasteiger partial charge is 0.306 e. The van der Waals surface area contributed by atoms with Gasteiger partial charge in [0.25, 0.3) is 0 Å². The van der Waals surface area contributed by atoms with E-state index in [2.05, 4.69) is 50.3 Å². The molecule has 0 saturated heterocycles. The first-order valence-electron chi connectivity index (χ1n) is 20.0. The number of rotatable bonds is 36. The minimum Gasteiger partial charge on any atom is -0.481 e. The number of hydrogen-bond donors (Lipinski definition) is 1. The lowest BCUT2D eigenvalue weighted by Crippen LogP contribution is -2.18. The summed E-state index contributed by atoms with van der Waals surface area (Å²) in [5.74, 6) is -0.731. The van der Waals surface area contributed by atoms with E-state index >= 15 is 0 Å². The van der Waals surface area contributed by atoms with Gasteiger partial charge in [-0.2, -0.15) is 0 Å². The van der Waals surface area contributed by atoms with Crippen molar-refractivity contribution in [2.45, 2.75) is 219 Å². The predicted molar refractivity (Wildman–Crippen MR) is 199 cm³/mol. The Bertz CT molecular complexity index is 738. The van der Waals surface area contributed by atoms with Gasteiger partial charge in [0.05, 0.1) is 0 Å². The van der Waals surface area contributed by atoms with E-state index in [1.807, 2.05) is 0 Å². The van der Waals surface area contributed by atoms with Gasteiger partial charge >= 0.3 is 11.9 Å². The molecule has 4 nitrogen and oxygen atoms in total. The van der Waals surface area contributed by atoms with Gasteiger partial charge in [-0.25, -0.2) is 0 Å². The lowest BCUT2D eigenvalue weighted by atomic mass is 10.0. The second kappa shape index (κ2) is 37.6. The maximum Gasteiger partial charge on any atom is 0.306 e. The second-order valence-corrected chi connectivity index (χ2v) is 13.5. The highest BCUT2D eigenvalue weighted by atomic mass is 16.5. The van der Waals surface area contributed by atoms with Crippen molar-refractivity contribution in [1.82, 2.24) is 0 Å². The highest BCUT2D eigenvalue weighted by molar-refractivity contribution is 5.69. The third kappa shape index (κ3) is 36.6. The number of hydrogen-bond acceptors (Lipinski definition) is 3. The van der Waals surface area contributed by atoms with Crippen molar-refractivity contribution < 1.29 is 19.4 Å². The number of carboxylic acid groups (broad SMARTS) is 1. The van der Waals surface area contributed by atoms with E-state index in [1.165, 1.54) is 103 Å². The summed E-state index contributed by atoms with van der Waals surface area (Å²) < 4.78 is 5.98. The van der Waals surface area contributed by atoms with Gasteiger partial charge in [-0.1, -0.05) is 147 Å².